The Hall–Kier alpha value is -2.68. The Bertz CT molecular complexity index is 1180. The van der Waals surface area contributed by atoms with E-state index in [2.05, 4.69) is 4.98 Å². The summed E-state index contributed by atoms with van der Waals surface area (Å²) < 4.78 is 27.0. The number of aryl methyl sites for hydroxylation is 2. The average molecular weight is 348 g/mol. The van der Waals surface area contributed by atoms with E-state index in [4.69, 9.17) is 0 Å². The first-order valence-corrected chi connectivity index (χ1v) is 8.95. The number of aromatic nitrogens is 4. The molecule has 0 aliphatic heterocycles. The van der Waals surface area contributed by atoms with Gasteiger partial charge in [0.2, 0.25) is 0 Å². The second-order valence-corrected chi connectivity index (χ2v) is 7.68. The minimum Gasteiger partial charge on any atom is -0.321 e. The van der Waals surface area contributed by atoms with Gasteiger partial charge in [-0.2, -0.15) is 0 Å². The van der Waals surface area contributed by atoms with Gasteiger partial charge in [0, 0.05) is 33.0 Å². The standard InChI is InChI=1S/C15H16N4O4S/c1-17-11-13(18(2)15(21)19(3)14(11)20)16-12(17)9-5-7-10(8-6-9)24(4,22)23/h5-8H,1-4H3. The van der Waals surface area contributed by atoms with Gasteiger partial charge < -0.3 is 4.57 Å². The Kier molecular flexibility index (Phi) is 3.48. The lowest BCUT2D eigenvalue weighted by Crippen LogP contribution is -2.37. The molecule has 24 heavy (non-hydrogen) atoms. The Morgan fingerprint density at radius 3 is 2.04 bits per heavy atom. The van der Waals surface area contributed by atoms with E-state index in [0.29, 0.717) is 16.9 Å². The number of benzene rings is 1. The minimum absolute atomic E-state index is 0.202. The third-order valence-corrected chi connectivity index (χ3v) is 5.14. The zero-order chi connectivity index (χ0) is 17.8. The van der Waals surface area contributed by atoms with E-state index in [1.54, 1.807) is 30.8 Å². The van der Waals surface area contributed by atoms with E-state index in [0.717, 1.165) is 10.8 Å². The summed E-state index contributed by atoms with van der Waals surface area (Å²) in [6, 6.07) is 6.22. The maximum atomic E-state index is 12.4. The zero-order valence-electron chi connectivity index (χ0n) is 13.6. The van der Waals surface area contributed by atoms with Crippen LogP contribution >= 0.6 is 0 Å². The molecule has 3 rings (SSSR count). The highest BCUT2D eigenvalue weighted by atomic mass is 32.2. The van der Waals surface area contributed by atoms with E-state index < -0.39 is 21.1 Å². The van der Waals surface area contributed by atoms with Crippen LogP contribution < -0.4 is 11.2 Å². The van der Waals surface area contributed by atoms with E-state index in [-0.39, 0.29) is 10.5 Å². The molecule has 126 valence electrons. The summed E-state index contributed by atoms with van der Waals surface area (Å²) >= 11 is 0. The highest BCUT2D eigenvalue weighted by Crippen LogP contribution is 2.22. The molecular weight excluding hydrogens is 332 g/mol. The molecule has 2 aromatic heterocycles. The van der Waals surface area contributed by atoms with Crippen molar-refractivity contribution in [3.05, 3.63) is 45.1 Å². The maximum absolute atomic E-state index is 12.4. The molecule has 3 aromatic rings. The molecule has 0 amide bonds. The molecule has 0 aliphatic rings. The first-order valence-electron chi connectivity index (χ1n) is 7.06. The lowest BCUT2D eigenvalue weighted by Gasteiger charge is -2.04. The fraction of sp³-hybridized carbons (Fsp3) is 0.267. The Morgan fingerprint density at radius 1 is 0.917 bits per heavy atom. The van der Waals surface area contributed by atoms with Crippen LogP contribution in [0.4, 0.5) is 0 Å². The maximum Gasteiger partial charge on any atom is 0.332 e. The molecule has 0 bridgehead atoms. The van der Waals surface area contributed by atoms with Crippen LogP contribution in [0.15, 0.2) is 38.8 Å². The van der Waals surface area contributed by atoms with Gasteiger partial charge in [0.1, 0.15) is 5.82 Å². The van der Waals surface area contributed by atoms with E-state index in [1.807, 2.05) is 0 Å². The van der Waals surface area contributed by atoms with Gasteiger partial charge in [-0.25, -0.2) is 18.2 Å². The molecule has 9 heteroatoms. The second-order valence-electron chi connectivity index (χ2n) is 5.67. The van der Waals surface area contributed by atoms with Crippen LogP contribution in [-0.2, 0) is 31.0 Å². The monoisotopic (exact) mass is 348 g/mol. The molecule has 2 heterocycles. The quantitative estimate of drug-likeness (QED) is 0.652. The summed E-state index contributed by atoms with van der Waals surface area (Å²) in [5, 5.41) is 0. The summed E-state index contributed by atoms with van der Waals surface area (Å²) in [6.45, 7) is 0. The lowest BCUT2D eigenvalue weighted by molar-refractivity contribution is 0.602. The van der Waals surface area contributed by atoms with E-state index in [9.17, 15) is 18.0 Å². The van der Waals surface area contributed by atoms with Crippen LogP contribution in [0.25, 0.3) is 22.6 Å². The first kappa shape index (κ1) is 16.2. The smallest absolute Gasteiger partial charge is 0.321 e. The van der Waals surface area contributed by atoms with Gasteiger partial charge in [-0.3, -0.25) is 13.9 Å². The van der Waals surface area contributed by atoms with Crippen molar-refractivity contribution in [1.29, 1.82) is 0 Å². The molecule has 0 atom stereocenters. The molecule has 0 N–H and O–H groups in total. The molecule has 0 fully saturated rings. The summed E-state index contributed by atoms with van der Waals surface area (Å²) in [6.07, 6.45) is 1.14. The van der Waals surface area contributed by atoms with Crippen molar-refractivity contribution in [3.8, 4) is 11.4 Å². The highest BCUT2D eigenvalue weighted by Gasteiger charge is 2.18. The number of hydrogen-bond acceptors (Lipinski definition) is 5. The predicted octanol–water partition coefficient (Wildman–Crippen LogP) is 0.0412. The van der Waals surface area contributed by atoms with Crippen LogP contribution in [0.3, 0.4) is 0 Å². The average Bonchev–Trinajstić information content (AvgIpc) is 2.88. The SMILES string of the molecule is Cn1c(=O)c2c(nc(-c3ccc(S(C)(=O)=O)cc3)n2C)n(C)c1=O. The van der Waals surface area contributed by atoms with Gasteiger partial charge in [0.25, 0.3) is 5.56 Å². The number of imidazole rings is 1. The van der Waals surface area contributed by atoms with Gasteiger partial charge in [-0.1, -0.05) is 0 Å². The minimum atomic E-state index is -3.29. The van der Waals surface area contributed by atoms with Gasteiger partial charge in [-0.15, -0.1) is 0 Å². The topological polar surface area (TPSA) is 96.0 Å². The summed E-state index contributed by atoms with van der Waals surface area (Å²) in [4.78, 5) is 29.0. The van der Waals surface area contributed by atoms with Crippen molar-refractivity contribution in [2.24, 2.45) is 21.1 Å². The number of rotatable bonds is 2. The first-order chi connectivity index (χ1) is 11.1. The largest absolute Gasteiger partial charge is 0.332 e. The van der Waals surface area contributed by atoms with Crippen LogP contribution in [0.2, 0.25) is 0 Å². The van der Waals surface area contributed by atoms with Gasteiger partial charge >= 0.3 is 5.69 Å². The molecule has 0 aliphatic carbocycles. The van der Waals surface area contributed by atoms with Crippen molar-refractivity contribution in [2.75, 3.05) is 6.26 Å². The van der Waals surface area contributed by atoms with Crippen LogP contribution in [0.1, 0.15) is 0 Å². The van der Waals surface area contributed by atoms with Crippen LogP contribution in [-0.4, -0.2) is 33.4 Å². The van der Waals surface area contributed by atoms with Crippen LogP contribution in [0, 0.1) is 0 Å². The normalized spacial score (nSPS) is 12.0. The number of hydrogen-bond donors (Lipinski definition) is 0. The molecule has 0 unspecified atom stereocenters. The van der Waals surface area contributed by atoms with Crippen molar-refractivity contribution < 1.29 is 8.42 Å². The van der Waals surface area contributed by atoms with Crippen molar-refractivity contribution in [2.45, 2.75) is 4.90 Å². The van der Waals surface area contributed by atoms with Gasteiger partial charge in [0.05, 0.1) is 4.90 Å². The van der Waals surface area contributed by atoms with Gasteiger partial charge in [0.15, 0.2) is 21.0 Å². The summed E-state index contributed by atoms with van der Waals surface area (Å²) in [5.74, 6) is 0.475. The van der Waals surface area contributed by atoms with Crippen molar-refractivity contribution in [1.82, 2.24) is 18.7 Å². The molecule has 8 nitrogen and oxygen atoms in total. The van der Waals surface area contributed by atoms with Crippen LogP contribution in [0.5, 0.6) is 0 Å². The van der Waals surface area contributed by atoms with Crippen molar-refractivity contribution >= 4 is 21.0 Å². The van der Waals surface area contributed by atoms with E-state index in [1.165, 1.54) is 23.7 Å². The second kappa shape index (κ2) is 5.17. The molecule has 1 aromatic carbocycles. The number of nitrogens with zero attached hydrogens (tertiary/aromatic N) is 4. The lowest BCUT2D eigenvalue weighted by atomic mass is 10.2. The van der Waals surface area contributed by atoms with E-state index >= 15 is 0 Å². The zero-order valence-corrected chi connectivity index (χ0v) is 14.5. The molecular formula is C15H16N4O4S. The summed E-state index contributed by atoms with van der Waals surface area (Å²) in [5.41, 5.74) is 0.358. The molecule has 0 saturated heterocycles. The fourth-order valence-corrected chi connectivity index (χ4v) is 3.26. The van der Waals surface area contributed by atoms with Gasteiger partial charge in [-0.05, 0) is 24.3 Å². The Labute approximate surface area is 137 Å². The summed E-state index contributed by atoms with van der Waals surface area (Å²) in [7, 11) is 1.36. The third kappa shape index (κ3) is 2.28. The molecule has 0 radical (unpaired) electrons. The fourth-order valence-electron chi connectivity index (χ4n) is 2.63. The highest BCUT2D eigenvalue weighted by molar-refractivity contribution is 7.90. The molecule has 0 saturated carbocycles. The molecule has 0 spiro atoms. The third-order valence-electron chi connectivity index (χ3n) is 4.02. The Morgan fingerprint density at radius 2 is 1.50 bits per heavy atom. The van der Waals surface area contributed by atoms with Crippen molar-refractivity contribution in [3.63, 3.8) is 0 Å². The number of sulfone groups is 1. The number of fused-ring (bicyclic) bond motifs is 1. The Balaban J connectivity index is 2.31. The predicted molar refractivity (Wildman–Crippen MR) is 89.7 cm³/mol.